The molecule has 1 N–H and O–H groups in total. The van der Waals surface area contributed by atoms with Crippen molar-refractivity contribution in [2.24, 2.45) is 0 Å². The van der Waals surface area contributed by atoms with Crippen molar-refractivity contribution in [3.05, 3.63) is 36.5 Å². The molecule has 2 aromatic rings. The lowest BCUT2D eigenvalue weighted by molar-refractivity contribution is 0.902. The molecule has 0 aliphatic heterocycles. The van der Waals surface area contributed by atoms with Gasteiger partial charge in [-0.2, -0.15) is 0 Å². The minimum absolute atomic E-state index is 1.21. The molecule has 1 aromatic carbocycles. The Labute approximate surface area is 65.7 Å². The maximum atomic E-state index is 9.00. The lowest BCUT2D eigenvalue weighted by atomic mass is 10.3. The van der Waals surface area contributed by atoms with Gasteiger partial charge in [-0.1, -0.05) is 18.2 Å². The Bertz CT molecular complexity index is 288. The summed E-state index contributed by atoms with van der Waals surface area (Å²) in [4.78, 5) is 3.12. The van der Waals surface area contributed by atoms with Gasteiger partial charge < -0.3 is 9.30 Å². The van der Waals surface area contributed by atoms with Crippen molar-refractivity contribution < 1.29 is 4.32 Å². The zero-order valence-corrected chi connectivity index (χ0v) is 5.92. The summed E-state index contributed by atoms with van der Waals surface area (Å²) in [5, 5.41) is 1.28. The molecule has 0 bridgehead atoms. The van der Waals surface area contributed by atoms with Gasteiger partial charge in [0.05, 0.1) is 0 Å². The first-order valence-corrected chi connectivity index (χ1v) is 3.21. The van der Waals surface area contributed by atoms with E-state index in [1.165, 1.54) is 10.9 Å². The van der Waals surface area contributed by atoms with Crippen molar-refractivity contribution in [2.45, 2.75) is 0 Å². The SMILES string of the molecule is [B]F.c1ccc2[nH]ccc2c1. The van der Waals surface area contributed by atoms with Crippen LogP contribution < -0.4 is 0 Å². The molecule has 0 saturated heterocycles. The summed E-state index contributed by atoms with van der Waals surface area (Å²) in [5.41, 5.74) is 1.21. The second-order valence-corrected chi connectivity index (χ2v) is 2.06. The maximum Gasteiger partial charge on any atom is 0.350 e. The molecular formula is C8H7BFN. The van der Waals surface area contributed by atoms with Gasteiger partial charge in [-0.15, -0.1) is 0 Å². The van der Waals surface area contributed by atoms with Crippen LogP contribution in [0.15, 0.2) is 36.5 Å². The van der Waals surface area contributed by atoms with Crippen molar-refractivity contribution >= 4 is 19.0 Å². The van der Waals surface area contributed by atoms with Gasteiger partial charge >= 0.3 is 8.12 Å². The minimum atomic E-state index is 1.21. The third-order valence-corrected chi connectivity index (χ3v) is 1.46. The molecule has 11 heavy (non-hydrogen) atoms. The van der Waals surface area contributed by atoms with Gasteiger partial charge in [-0.25, -0.2) is 0 Å². The third-order valence-electron chi connectivity index (χ3n) is 1.46. The van der Waals surface area contributed by atoms with Gasteiger partial charge in [0.25, 0.3) is 0 Å². The smallest absolute Gasteiger partial charge is 0.350 e. The fraction of sp³-hybridized carbons (Fsp3) is 0. The standard InChI is InChI=1S/C8H7N.BF/c1-2-4-8-7(3-1)5-6-9-8;1-2/h1-6,9H;. The second kappa shape index (κ2) is 3.81. The number of H-pyrrole nitrogens is 1. The average Bonchev–Trinajstić information content (AvgIpc) is 2.55. The maximum absolute atomic E-state index is 9.00. The minimum Gasteiger partial charge on any atom is -0.361 e. The lowest BCUT2D eigenvalue weighted by Gasteiger charge is -1.83. The summed E-state index contributed by atoms with van der Waals surface area (Å²) in [6.07, 6.45) is 1.95. The van der Waals surface area contributed by atoms with E-state index in [0.29, 0.717) is 0 Å². The number of aromatic amines is 1. The molecular weight excluding hydrogens is 140 g/mol. The highest BCUT2D eigenvalue weighted by atomic mass is 19.1. The zero-order valence-electron chi connectivity index (χ0n) is 5.92. The summed E-state index contributed by atoms with van der Waals surface area (Å²) >= 11 is 0. The first kappa shape index (κ1) is 7.86. The van der Waals surface area contributed by atoms with Gasteiger partial charge in [0.15, 0.2) is 0 Å². The van der Waals surface area contributed by atoms with Crippen LogP contribution in [-0.2, 0) is 0 Å². The molecule has 0 spiro atoms. The molecule has 0 unspecified atom stereocenters. The fourth-order valence-corrected chi connectivity index (χ4v) is 0.995. The molecule has 1 nitrogen and oxygen atoms in total. The van der Waals surface area contributed by atoms with Gasteiger partial charge in [0.2, 0.25) is 0 Å². The van der Waals surface area contributed by atoms with Crippen LogP contribution in [0.4, 0.5) is 4.32 Å². The van der Waals surface area contributed by atoms with Crippen molar-refractivity contribution in [3.8, 4) is 0 Å². The second-order valence-electron chi connectivity index (χ2n) is 2.06. The highest BCUT2D eigenvalue weighted by molar-refractivity contribution is 5.96. The van der Waals surface area contributed by atoms with E-state index in [-0.39, 0.29) is 0 Å². The average molecular weight is 147 g/mol. The number of rotatable bonds is 0. The van der Waals surface area contributed by atoms with Crippen LogP contribution in [0, 0.1) is 0 Å². The Hall–Kier alpha value is -1.25. The summed E-state index contributed by atoms with van der Waals surface area (Å²) in [6.45, 7) is 0. The normalized spacial score (nSPS) is 8.82. The van der Waals surface area contributed by atoms with Crippen LogP contribution in [0.1, 0.15) is 0 Å². The van der Waals surface area contributed by atoms with E-state index < -0.39 is 0 Å². The monoisotopic (exact) mass is 147 g/mol. The van der Waals surface area contributed by atoms with Crippen molar-refractivity contribution in [1.29, 1.82) is 0 Å². The first-order chi connectivity index (χ1) is 5.47. The van der Waals surface area contributed by atoms with E-state index in [1.54, 1.807) is 0 Å². The largest absolute Gasteiger partial charge is 0.361 e. The molecule has 2 rings (SSSR count). The molecule has 0 aliphatic carbocycles. The Morgan fingerprint density at radius 2 is 1.82 bits per heavy atom. The molecule has 54 valence electrons. The van der Waals surface area contributed by atoms with Gasteiger partial charge in [0, 0.05) is 11.7 Å². The van der Waals surface area contributed by atoms with E-state index >= 15 is 0 Å². The summed E-state index contributed by atoms with van der Waals surface area (Å²) < 4.78 is 9.00. The highest BCUT2D eigenvalue weighted by Crippen LogP contribution is 2.09. The molecule has 3 heteroatoms. The molecule has 0 atom stereocenters. The summed E-state index contributed by atoms with van der Waals surface area (Å²) in [6, 6.07) is 10.3. The third kappa shape index (κ3) is 1.61. The highest BCUT2D eigenvalue weighted by Gasteiger charge is 1.86. The molecule has 1 aromatic heterocycles. The van der Waals surface area contributed by atoms with Crippen LogP contribution in [0.5, 0.6) is 0 Å². The van der Waals surface area contributed by atoms with Gasteiger partial charge in [-0.3, -0.25) is 0 Å². The lowest BCUT2D eigenvalue weighted by Crippen LogP contribution is -1.61. The molecule has 0 aliphatic rings. The van der Waals surface area contributed by atoms with Crippen LogP contribution in [0.25, 0.3) is 10.9 Å². The van der Waals surface area contributed by atoms with E-state index in [1.807, 2.05) is 18.3 Å². The summed E-state index contributed by atoms with van der Waals surface area (Å²) in [5.74, 6) is 0. The predicted octanol–water partition coefficient (Wildman–Crippen LogP) is 2.21. The Kier molecular flexibility index (Phi) is 2.72. The number of fused-ring (bicyclic) bond motifs is 1. The van der Waals surface area contributed by atoms with E-state index in [4.69, 9.17) is 4.32 Å². The predicted molar refractivity (Wildman–Crippen MR) is 45.2 cm³/mol. The van der Waals surface area contributed by atoms with E-state index in [0.717, 1.165) is 0 Å². The van der Waals surface area contributed by atoms with Crippen molar-refractivity contribution in [2.75, 3.05) is 0 Å². The van der Waals surface area contributed by atoms with Crippen molar-refractivity contribution in [1.82, 2.24) is 4.98 Å². The van der Waals surface area contributed by atoms with E-state index in [9.17, 15) is 0 Å². The molecule has 2 radical (unpaired) electrons. The van der Waals surface area contributed by atoms with Crippen molar-refractivity contribution in [3.63, 3.8) is 0 Å². The van der Waals surface area contributed by atoms with E-state index in [2.05, 4.69) is 31.3 Å². The number of nitrogens with one attached hydrogen (secondary N) is 1. The van der Waals surface area contributed by atoms with Gasteiger partial charge in [0.1, 0.15) is 0 Å². The summed E-state index contributed by atoms with van der Waals surface area (Å²) in [7, 11) is 3.00. The van der Waals surface area contributed by atoms with Crippen LogP contribution in [-0.4, -0.2) is 13.1 Å². The number of aromatic nitrogens is 1. The molecule has 0 saturated carbocycles. The number of hydrogen-bond acceptors (Lipinski definition) is 0. The Balaban J connectivity index is 0.000000281. The van der Waals surface area contributed by atoms with Gasteiger partial charge in [-0.05, 0) is 17.5 Å². The Morgan fingerprint density at radius 3 is 2.55 bits per heavy atom. The van der Waals surface area contributed by atoms with Crippen LogP contribution >= 0.6 is 0 Å². The number of benzene rings is 1. The Morgan fingerprint density at radius 1 is 1.09 bits per heavy atom. The fourth-order valence-electron chi connectivity index (χ4n) is 0.995. The van der Waals surface area contributed by atoms with Crippen LogP contribution in [0.3, 0.4) is 0 Å². The zero-order chi connectivity index (χ0) is 8.10. The molecule has 0 fully saturated rings. The topological polar surface area (TPSA) is 15.8 Å². The van der Waals surface area contributed by atoms with Crippen LogP contribution in [0.2, 0.25) is 0 Å². The molecule has 0 amide bonds. The number of para-hydroxylation sites is 1. The number of hydrogen-bond donors (Lipinski definition) is 1. The molecule has 1 heterocycles. The first-order valence-electron chi connectivity index (χ1n) is 3.21. The number of halogens is 1. The quantitative estimate of drug-likeness (QED) is 0.549.